The third-order valence-electron chi connectivity index (χ3n) is 4.41. The van der Waals surface area contributed by atoms with Crippen LogP contribution in [0.5, 0.6) is 0 Å². The Hall–Kier alpha value is -2.25. The molecular formula is C20H25FN2O3S. The lowest BCUT2D eigenvalue weighted by molar-refractivity contribution is -0.121. The van der Waals surface area contributed by atoms with E-state index in [1.165, 1.54) is 10.4 Å². The number of benzene rings is 2. The Labute approximate surface area is 160 Å². The average Bonchev–Trinajstić information content (AvgIpc) is 2.64. The van der Waals surface area contributed by atoms with Crippen molar-refractivity contribution in [1.82, 2.24) is 9.62 Å². The topological polar surface area (TPSA) is 66.5 Å². The van der Waals surface area contributed by atoms with Gasteiger partial charge in [-0.2, -0.15) is 4.31 Å². The maximum Gasteiger partial charge on any atom is 0.243 e. The summed E-state index contributed by atoms with van der Waals surface area (Å²) in [4.78, 5) is 12.4. The summed E-state index contributed by atoms with van der Waals surface area (Å²) in [6.07, 6.45) is -0.0502. The Kier molecular flexibility index (Phi) is 7.10. The van der Waals surface area contributed by atoms with Crippen LogP contribution in [0.4, 0.5) is 4.39 Å². The summed E-state index contributed by atoms with van der Waals surface area (Å²) in [5, 5.41) is 2.81. The van der Waals surface area contributed by atoms with Crippen LogP contribution in [0.2, 0.25) is 0 Å². The van der Waals surface area contributed by atoms with Crippen LogP contribution >= 0.6 is 0 Å². The average molecular weight is 392 g/mol. The summed E-state index contributed by atoms with van der Waals surface area (Å²) < 4.78 is 40.1. The normalized spacial score (nSPS) is 12.8. The van der Waals surface area contributed by atoms with E-state index in [0.29, 0.717) is 18.7 Å². The van der Waals surface area contributed by atoms with E-state index in [4.69, 9.17) is 0 Å². The van der Waals surface area contributed by atoms with Gasteiger partial charge in [0, 0.05) is 13.1 Å². The molecule has 0 fully saturated rings. The van der Waals surface area contributed by atoms with Gasteiger partial charge in [0.15, 0.2) is 0 Å². The number of nitrogens with one attached hydrogen (secondary N) is 1. The van der Waals surface area contributed by atoms with Crippen molar-refractivity contribution in [1.29, 1.82) is 0 Å². The molecule has 146 valence electrons. The van der Waals surface area contributed by atoms with Crippen molar-refractivity contribution in [3.63, 3.8) is 0 Å². The molecular weight excluding hydrogens is 367 g/mol. The van der Waals surface area contributed by atoms with Gasteiger partial charge in [0.1, 0.15) is 5.82 Å². The fourth-order valence-electron chi connectivity index (χ4n) is 2.83. The highest BCUT2D eigenvalue weighted by molar-refractivity contribution is 7.89. The lowest BCUT2D eigenvalue weighted by Crippen LogP contribution is -2.31. The van der Waals surface area contributed by atoms with Gasteiger partial charge in [0.25, 0.3) is 0 Å². The van der Waals surface area contributed by atoms with E-state index in [-0.39, 0.29) is 23.3 Å². The van der Waals surface area contributed by atoms with Gasteiger partial charge in [0.05, 0.1) is 17.4 Å². The molecule has 0 bridgehead atoms. The number of carbonyl (C=O) groups excluding carboxylic acids is 1. The molecule has 5 nitrogen and oxygen atoms in total. The number of carbonyl (C=O) groups is 1. The number of halogens is 1. The van der Waals surface area contributed by atoms with E-state index >= 15 is 0 Å². The molecule has 0 saturated carbocycles. The fourth-order valence-corrected chi connectivity index (χ4v) is 4.29. The second-order valence-corrected chi connectivity index (χ2v) is 8.15. The van der Waals surface area contributed by atoms with Crippen molar-refractivity contribution in [2.24, 2.45) is 0 Å². The lowest BCUT2D eigenvalue weighted by atomic mass is 10.1. The van der Waals surface area contributed by atoms with Gasteiger partial charge >= 0.3 is 0 Å². The minimum Gasteiger partial charge on any atom is -0.349 e. The van der Waals surface area contributed by atoms with Crippen LogP contribution in [0.25, 0.3) is 0 Å². The number of rotatable bonds is 8. The summed E-state index contributed by atoms with van der Waals surface area (Å²) in [7, 11) is -3.51. The molecule has 0 saturated heterocycles. The first-order valence-electron chi connectivity index (χ1n) is 8.92. The molecule has 27 heavy (non-hydrogen) atoms. The van der Waals surface area contributed by atoms with Gasteiger partial charge in [-0.15, -0.1) is 0 Å². The number of nitrogens with zero attached hydrogens (tertiary/aromatic N) is 1. The smallest absolute Gasteiger partial charge is 0.243 e. The van der Waals surface area contributed by atoms with Gasteiger partial charge in [-0.3, -0.25) is 4.79 Å². The molecule has 2 aromatic rings. The van der Waals surface area contributed by atoms with E-state index < -0.39 is 15.8 Å². The molecule has 2 aromatic carbocycles. The van der Waals surface area contributed by atoms with Crippen molar-refractivity contribution in [3.8, 4) is 0 Å². The Morgan fingerprint density at radius 1 is 1.07 bits per heavy atom. The zero-order chi connectivity index (χ0) is 20.0. The zero-order valence-electron chi connectivity index (χ0n) is 15.8. The highest BCUT2D eigenvalue weighted by atomic mass is 32.2. The molecule has 7 heteroatoms. The standard InChI is InChI=1S/C20H25FN2O3S/c1-4-23(5-2)27(25,26)18-12-10-16(11-13-18)15(3)22-20(24)14-17-8-6-7-9-19(17)21/h6-13,15H,4-5,14H2,1-3H3,(H,22,24). The van der Waals surface area contributed by atoms with Crippen molar-refractivity contribution in [2.75, 3.05) is 13.1 Å². The number of hydrogen-bond acceptors (Lipinski definition) is 3. The molecule has 0 aliphatic rings. The van der Waals surface area contributed by atoms with Gasteiger partial charge in [-0.05, 0) is 36.2 Å². The summed E-state index contributed by atoms with van der Waals surface area (Å²) >= 11 is 0. The SMILES string of the molecule is CCN(CC)S(=O)(=O)c1ccc(C(C)NC(=O)Cc2ccccc2F)cc1. The molecule has 2 rings (SSSR count). The lowest BCUT2D eigenvalue weighted by Gasteiger charge is -2.19. The highest BCUT2D eigenvalue weighted by Gasteiger charge is 2.21. The van der Waals surface area contributed by atoms with Gasteiger partial charge < -0.3 is 5.32 Å². The summed E-state index contributed by atoms with van der Waals surface area (Å²) in [6.45, 7) is 6.20. The Morgan fingerprint density at radius 2 is 1.67 bits per heavy atom. The summed E-state index contributed by atoms with van der Waals surface area (Å²) in [5.74, 6) is -0.710. The molecule has 0 radical (unpaired) electrons. The van der Waals surface area contributed by atoms with E-state index in [2.05, 4.69) is 5.32 Å². The summed E-state index contributed by atoms with van der Waals surface area (Å²) in [6, 6.07) is 12.3. The van der Waals surface area contributed by atoms with E-state index in [0.717, 1.165) is 5.56 Å². The molecule has 1 unspecified atom stereocenters. The van der Waals surface area contributed by atoms with Crippen LogP contribution in [0.15, 0.2) is 53.4 Å². The van der Waals surface area contributed by atoms with Crippen LogP contribution in [0, 0.1) is 5.82 Å². The Bertz CT molecular complexity index is 878. The maximum atomic E-state index is 13.6. The molecule has 1 amide bonds. The first-order valence-corrected chi connectivity index (χ1v) is 10.4. The Balaban J connectivity index is 2.06. The second kappa shape index (κ2) is 9.10. The maximum absolute atomic E-state index is 13.6. The molecule has 0 spiro atoms. The summed E-state index contributed by atoms with van der Waals surface area (Å²) in [5.41, 5.74) is 1.11. The van der Waals surface area contributed by atoms with Crippen LogP contribution in [0.3, 0.4) is 0 Å². The predicted molar refractivity (Wildman–Crippen MR) is 103 cm³/mol. The van der Waals surface area contributed by atoms with Crippen molar-refractivity contribution < 1.29 is 17.6 Å². The number of sulfonamides is 1. The minimum atomic E-state index is -3.51. The van der Waals surface area contributed by atoms with Crippen LogP contribution in [-0.4, -0.2) is 31.7 Å². The molecule has 0 aliphatic carbocycles. The molecule has 0 aromatic heterocycles. The molecule has 0 aliphatic heterocycles. The predicted octanol–water partition coefficient (Wildman–Crippen LogP) is 3.28. The van der Waals surface area contributed by atoms with Gasteiger partial charge in [-0.25, -0.2) is 12.8 Å². The highest BCUT2D eigenvalue weighted by Crippen LogP contribution is 2.19. The van der Waals surface area contributed by atoms with E-state index in [1.807, 2.05) is 0 Å². The zero-order valence-corrected chi connectivity index (χ0v) is 16.6. The minimum absolute atomic E-state index is 0.0502. The monoisotopic (exact) mass is 392 g/mol. The third kappa shape index (κ3) is 5.14. The van der Waals surface area contributed by atoms with Crippen LogP contribution < -0.4 is 5.32 Å². The van der Waals surface area contributed by atoms with Crippen molar-refractivity contribution in [3.05, 3.63) is 65.5 Å². The van der Waals surface area contributed by atoms with Crippen LogP contribution in [-0.2, 0) is 21.2 Å². The van der Waals surface area contributed by atoms with E-state index in [9.17, 15) is 17.6 Å². The first kappa shape index (κ1) is 21.1. The Morgan fingerprint density at radius 3 is 2.22 bits per heavy atom. The first-order chi connectivity index (χ1) is 12.8. The molecule has 1 atom stereocenters. The largest absolute Gasteiger partial charge is 0.349 e. The molecule has 0 heterocycles. The number of hydrogen-bond donors (Lipinski definition) is 1. The molecule has 1 N–H and O–H groups in total. The van der Waals surface area contributed by atoms with E-state index in [1.54, 1.807) is 63.2 Å². The quantitative estimate of drug-likeness (QED) is 0.750. The van der Waals surface area contributed by atoms with Crippen molar-refractivity contribution in [2.45, 2.75) is 38.1 Å². The van der Waals surface area contributed by atoms with Crippen molar-refractivity contribution >= 4 is 15.9 Å². The third-order valence-corrected chi connectivity index (χ3v) is 6.47. The fraction of sp³-hybridized carbons (Fsp3) is 0.350. The number of amides is 1. The van der Waals surface area contributed by atoms with Gasteiger partial charge in [0.2, 0.25) is 15.9 Å². The van der Waals surface area contributed by atoms with Crippen LogP contribution in [0.1, 0.15) is 37.9 Å². The van der Waals surface area contributed by atoms with Gasteiger partial charge in [-0.1, -0.05) is 44.2 Å². The second-order valence-electron chi connectivity index (χ2n) is 6.22.